The number of H-pyrrole nitrogens is 1. The first-order valence-corrected chi connectivity index (χ1v) is 9.33. The summed E-state index contributed by atoms with van der Waals surface area (Å²) in [5.74, 6) is -0.376. The van der Waals surface area contributed by atoms with Crippen molar-refractivity contribution in [3.05, 3.63) is 86.6 Å². The summed E-state index contributed by atoms with van der Waals surface area (Å²) in [6.45, 7) is 0. The molecule has 0 unspecified atom stereocenters. The molecule has 6 nitrogen and oxygen atoms in total. The molecular formula is C20H17N3O3S. The fourth-order valence-corrected chi connectivity index (χ4v) is 4.32. The van der Waals surface area contributed by atoms with E-state index < -0.39 is 11.2 Å². The number of thioether (sulfide) groups is 1. The van der Waals surface area contributed by atoms with E-state index in [2.05, 4.69) is 9.98 Å². The second kappa shape index (κ2) is 6.92. The number of para-hydroxylation sites is 1. The Hall–Kier alpha value is -3.06. The number of rotatable bonds is 2. The van der Waals surface area contributed by atoms with Crippen LogP contribution in [0, 0.1) is 0 Å². The van der Waals surface area contributed by atoms with Gasteiger partial charge in [-0.2, -0.15) is 0 Å². The lowest BCUT2D eigenvalue weighted by molar-refractivity contribution is 0.416. The summed E-state index contributed by atoms with van der Waals surface area (Å²) in [4.78, 5) is 32.1. The van der Waals surface area contributed by atoms with Crippen molar-refractivity contribution in [3.63, 3.8) is 0 Å². The SMILES string of the molecule is Cn1c(O)c(C2=Nc3ccccc3S[C@H](c3ccccc3)C2)c(=O)[nH]c1=O. The molecule has 136 valence electrons. The Morgan fingerprint density at radius 1 is 1.11 bits per heavy atom. The number of benzene rings is 2. The van der Waals surface area contributed by atoms with Crippen molar-refractivity contribution in [1.82, 2.24) is 9.55 Å². The van der Waals surface area contributed by atoms with Gasteiger partial charge in [-0.05, 0) is 17.7 Å². The number of nitrogens with one attached hydrogen (secondary N) is 1. The van der Waals surface area contributed by atoms with E-state index in [1.54, 1.807) is 11.8 Å². The van der Waals surface area contributed by atoms with Crippen LogP contribution in [-0.4, -0.2) is 20.4 Å². The molecule has 3 aromatic rings. The third-order valence-electron chi connectivity index (χ3n) is 4.52. The maximum absolute atomic E-state index is 12.5. The molecular weight excluding hydrogens is 362 g/mol. The molecule has 7 heteroatoms. The van der Waals surface area contributed by atoms with Gasteiger partial charge in [-0.3, -0.25) is 19.3 Å². The van der Waals surface area contributed by atoms with E-state index >= 15 is 0 Å². The lowest BCUT2D eigenvalue weighted by Crippen LogP contribution is -2.32. The van der Waals surface area contributed by atoms with E-state index in [1.165, 1.54) is 7.05 Å². The molecule has 0 saturated heterocycles. The Kier molecular flexibility index (Phi) is 4.45. The standard InChI is InChI=1S/C20H17N3O3S/c1-23-19(25)17(18(24)22-20(23)26)14-11-16(12-7-3-2-4-8-12)27-15-10-6-5-9-13(15)21-14/h2-10,16,25H,11H2,1H3,(H,22,24,26)/t16-/m0/s1. The fraction of sp³-hybridized carbons (Fsp3) is 0.150. The van der Waals surface area contributed by atoms with E-state index in [0.717, 1.165) is 20.7 Å². The zero-order valence-electron chi connectivity index (χ0n) is 14.5. The molecule has 1 atom stereocenters. The smallest absolute Gasteiger partial charge is 0.330 e. The van der Waals surface area contributed by atoms with Crippen molar-refractivity contribution in [1.29, 1.82) is 0 Å². The molecule has 0 amide bonds. The van der Waals surface area contributed by atoms with Gasteiger partial charge in [0, 0.05) is 23.6 Å². The Bertz CT molecular complexity index is 1150. The van der Waals surface area contributed by atoms with E-state index in [-0.39, 0.29) is 16.7 Å². The zero-order valence-corrected chi connectivity index (χ0v) is 15.4. The summed E-state index contributed by atoms with van der Waals surface area (Å²) >= 11 is 1.67. The normalized spacial score (nSPS) is 16.3. The molecule has 0 aliphatic carbocycles. The Balaban J connectivity index is 1.92. The topological polar surface area (TPSA) is 87.4 Å². The van der Waals surface area contributed by atoms with Crippen LogP contribution in [-0.2, 0) is 7.05 Å². The number of aromatic amines is 1. The number of nitrogens with zero attached hydrogens (tertiary/aromatic N) is 2. The first-order chi connectivity index (χ1) is 13.0. The summed E-state index contributed by atoms with van der Waals surface area (Å²) in [6, 6.07) is 17.7. The lowest BCUT2D eigenvalue weighted by Gasteiger charge is -2.16. The van der Waals surface area contributed by atoms with Crippen LogP contribution >= 0.6 is 11.8 Å². The monoisotopic (exact) mass is 379 g/mol. The second-order valence-corrected chi connectivity index (χ2v) is 7.51. The van der Waals surface area contributed by atoms with Gasteiger partial charge in [-0.25, -0.2) is 4.79 Å². The first-order valence-electron chi connectivity index (χ1n) is 8.45. The minimum atomic E-state index is -0.662. The predicted molar refractivity (Wildman–Crippen MR) is 106 cm³/mol. The highest BCUT2D eigenvalue weighted by molar-refractivity contribution is 7.99. The number of hydrogen-bond donors (Lipinski definition) is 2. The maximum atomic E-state index is 12.5. The van der Waals surface area contributed by atoms with Gasteiger partial charge in [0.15, 0.2) is 0 Å². The summed E-state index contributed by atoms with van der Waals surface area (Å²) in [6.07, 6.45) is 0.443. The summed E-state index contributed by atoms with van der Waals surface area (Å²) in [5, 5.41) is 10.5. The van der Waals surface area contributed by atoms with E-state index in [1.807, 2.05) is 54.6 Å². The van der Waals surface area contributed by atoms with Gasteiger partial charge in [-0.15, -0.1) is 11.8 Å². The van der Waals surface area contributed by atoms with Crippen molar-refractivity contribution in [2.24, 2.45) is 12.0 Å². The Labute approximate surface area is 159 Å². The van der Waals surface area contributed by atoms with E-state index in [4.69, 9.17) is 0 Å². The Morgan fingerprint density at radius 3 is 2.59 bits per heavy atom. The molecule has 2 aromatic carbocycles. The van der Waals surface area contributed by atoms with Gasteiger partial charge in [0.2, 0.25) is 5.88 Å². The van der Waals surface area contributed by atoms with Gasteiger partial charge in [0.1, 0.15) is 5.56 Å². The van der Waals surface area contributed by atoms with E-state index in [9.17, 15) is 14.7 Å². The largest absolute Gasteiger partial charge is 0.494 e. The Morgan fingerprint density at radius 2 is 1.81 bits per heavy atom. The van der Waals surface area contributed by atoms with Gasteiger partial charge < -0.3 is 5.11 Å². The lowest BCUT2D eigenvalue weighted by atomic mass is 10.0. The summed E-state index contributed by atoms with van der Waals surface area (Å²) in [7, 11) is 1.41. The van der Waals surface area contributed by atoms with Crippen LogP contribution in [0.5, 0.6) is 5.88 Å². The zero-order chi connectivity index (χ0) is 19.0. The molecule has 0 saturated carbocycles. The molecule has 0 spiro atoms. The van der Waals surface area contributed by atoms with Gasteiger partial charge in [-0.1, -0.05) is 42.5 Å². The minimum Gasteiger partial charge on any atom is -0.494 e. The average Bonchev–Trinajstić information content (AvgIpc) is 2.86. The number of aliphatic imine (C=N–C) groups is 1. The van der Waals surface area contributed by atoms with Crippen LogP contribution < -0.4 is 11.2 Å². The highest BCUT2D eigenvalue weighted by atomic mass is 32.2. The summed E-state index contributed by atoms with van der Waals surface area (Å²) < 4.78 is 1.01. The minimum absolute atomic E-state index is 0.0182. The molecule has 27 heavy (non-hydrogen) atoms. The van der Waals surface area contributed by atoms with Crippen molar-refractivity contribution in [2.75, 3.05) is 0 Å². The van der Waals surface area contributed by atoms with Crippen molar-refractivity contribution >= 4 is 23.2 Å². The quantitative estimate of drug-likeness (QED) is 0.716. The molecule has 2 N–H and O–H groups in total. The van der Waals surface area contributed by atoms with Crippen LogP contribution in [0.15, 0.2) is 74.1 Å². The van der Waals surface area contributed by atoms with Crippen LogP contribution in [0.4, 0.5) is 5.69 Å². The summed E-state index contributed by atoms with van der Waals surface area (Å²) in [5.41, 5.74) is 1.04. The van der Waals surface area contributed by atoms with Gasteiger partial charge in [0.05, 0.1) is 11.4 Å². The highest BCUT2D eigenvalue weighted by Gasteiger charge is 2.26. The average molecular weight is 379 g/mol. The molecule has 1 aliphatic rings. The highest BCUT2D eigenvalue weighted by Crippen LogP contribution is 2.45. The maximum Gasteiger partial charge on any atom is 0.330 e. The van der Waals surface area contributed by atoms with Gasteiger partial charge in [0.25, 0.3) is 5.56 Å². The molecule has 2 heterocycles. The number of hydrogen-bond acceptors (Lipinski definition) is 5. The van der Waals surface area contributed by atoms with Gasteiger partial charge >= 0.3 is 5.69 Å². The number of fused-ring (bicyclic) bond motifs is 1. The molecule has 1 aliphatic heterocycles. The molecule has 0 fully saturated rings. The van der Waals surface area contributed by atoms with Crippen molar-refractivity contribution in [2.45, 2.75) is 16.6 Å². The number of aromatic nitrogens is 2. The molecule has 1 aromatic heterocycles. The third kappa shape index (κ3) is 3.21. The molecule has 0 bridgehead atoms. The predicted octanol–water partition coefficient (Wildman–Crippen LogP) is 3.14. The molecule has 4 rings (SSSR count). The fourth-order valence-electron chi connectivity index (χ4n) is 3.09. The molecule has 0 radical (unpaired) electrons. The van der Waals surface area contributed by atoms with Crippen LogP contribution in [0.1, 0.15) is 22.8 Å². The van der Waals surface area contributed by atoms with Crippen molar-refractivity contribution < 1.29 is 5.11 Å². The second-order valence-electron chi connectivity index (χ2n) is 6.26. The number of aromatic hydroxyl groups is 1. The van der Waals surface area contributed by atoms with Crippen LogP contribution in [0.2, 0.25) is 0 Å². The first kappa shape index (κ1) is 17.4. The van der Waals surface area contributed by atoms with E-state index in [0.29, 0.717) is 12.1 Å². The van der Waals surface area contributed by atoms with Crippen LogP contribution in [0.25, 0.3) is 0 Å². The van der Waals surface area contributed by atoms with Crippen LogP contribution in [0.3, 0.4) is 0 Å². The third-order valence-corrected chi connectivity index (χ3v) is 5.84. The van der Waals surface area contributed by atoms with Crippen molar-refractivity contribution in [3.8, 4) is 5.88 Å².